The van der Waals surface area contributed by atoms with Crippen LogP contribution in [0.2, 0.25) is 0 Å². The summed E-state index contributed by atoms with van der Waals surface area (Å²) in [4.78, 5) is 2.59. The van der Waals surface area contributed by atoms with Gasteiger partial charge in [-0.2, -0.15) is 20.7 Å². The number of piperazine rings is 1. The summed E-state index contributed by atoms with van der Waals surface area (Å²) in [5.41, 5.74) is 3.64. The predicted molar refractivity (Wildman–Crippen MR) is 86.5 cm³/mol. The van der Waals surface area contributed by atoms with Crippen molar-refractivity contribution in [3.63, 3.8) is 0 Å². The minimum Gasteiger partial charge on any atom is -0.314 e. The lowest BCUT2D eigenvalue weighted by Gasteiger charge is -2.44. The van der Waals surface area contributed by atoms with Crippen LogP contribution in [0.3, 0.4) is 0 Å². The smallest absolute Gasteiger partial charge is 0.117 e. The molecule has 0 saturated carbocycles. The summed E-state index contributed by atoms with van der Waals surface area (Å²) in [6.07, 6.45) is 3.62. The highest BCUT2D eigenvalue weighted by molar-refractivity contribution is 5.62. The molecule has 0 unspecified atom stereocenters. The van der Waals surface area contributed by atoms with Crippen LogP contribution in [-0.4, -0.2) is 46.0 Å². The van der Waals surface area contributed by atoms with Gasteiger partial charge in [0.15, 0.2) is 0 Å². The maximum Gasteiger partial charge on any atom is 0.117 e. The van der Waals surface area contributed by atoms with Crippen molar-refractivity contribution < 1.29 is 0 Å². The van der Waals surface area contributed by atoms with Gasteiger partial charge in [0.1, 0.15) is 11.4 Å². The molecule has 2 aliphatic rings. The molecule has 6 heteroatoms. The lowest BCUT2D eigenvalue weighted by Crippen LogP contribution is -2.54. The Hall–Kier alpha value is -2.23. The van der Waals surface area contributed by atoms with Crippen molar-refractivity contribution in [1.82, 2.24) is 25.6 Å². The Morgan fingerprint density at radius 3 is 2.87 bits per heavy atom. The summed E-state index contributed by atoms with van der Waals surface area (Å²) >= 11 is 0. The highest BCUT2D eigenvalue weighted by Gasteiger charge is 2.35. The van der Waals surface area contributed by atoms with E-state index in [4.69, 9.17) is 5.26 Å². The molecule has 3 heterocycles. The molecule has 0 amide bonds. The van der Waals surface area contributed by atoms with Crippen molar-refractivity contribution in [1.29, 1.82) is 5.26 Å². The first-order valence-corrected chi connectivity index (χ1v) is 8.24. The molecule has 0 bridgehead atoms. The largest absolute Gasteiger partial charge is 0.314 e. The molecule has 6 nitrogen and oxygen atoms in total. The Kier molecular flexibility index (Phi) is 3.82. The van der Waals surface area contributed by atoms with Gasteiger partial charge in [-0.15, -0.1) is 0 Å². The van der Waals surface area contributed by atoms with E-state index in [1.54, 1.807) is 0 Å². The van der Waals surface area contributed by atoms with Gasteiger partial charge < -0.3 is 5.32 Å². The zero-order valence-corrected chi connectivity index (χ0v) is 13.0. The van der Waals surface area contributed by atoms with Crippen molar-refractivity contribution in [3.05, 3.63) is 35.5 Å². The third kappa shape index (κ3) is 2.62. The van der Waals surface area contributed by atoms with Gasteiger partial charge in [0.05, 0.1) is 17.7 Å². The minimum absolute atomic E-state index is 0.334. The van der Waals surface area contributed by atoms with Crippen LogP contribution in [0.25, 0.3) is 11.3 Å². The number of nitrogens with one attached hydrogen (secondary N) is 2. The Labute approximate surface area is 135 Å². The molecule has 2 aromatic rings. The van der Waals surface area contributed by atoms with Gasteiger partial charge in [0.2, 0.25) is 0 Å². The fraction of sp³-hybridized carbons (Fsp3) is 0.471. The third-order valence-electron chi connectivity index (χ3n) is 4.99. The molecule has 4 rings (SSSR count). The summed E-state index contributed by atoms with van der Waals surface area (Å²) in [7, 11) is 0. The SMILES string of the molecule is N#Cc1ccc(-c2n[nH]nc2[C@H]2CCC[C@H]3CNCCN32)cc1. The average Bonchev–Trinajstić information content (AvgIpc) is 3.11. The summed E-state index contributed by atoms with van der Waals surface area (Å²) in [6.45, 7) is 3.17. The molecule has 1 aromatic heterocycles. The zero-order valence-electron chi connectivity index (χ0n) is 13.0. The van der Waals surface area contributed by atoms with Gasteiger partial charge in [-0.1, -0.05) is 12.1 Å². The van der Waals surface area contributed by atoms with Gasteiger partial charge in [0, 0.05) is 31.2 Å². The van der Waals surface area contributed by atoms with Crippen LogP contribution in [0.15, 0.2) is 24.3 Å². The lowest BCUT2D eigenvalue weighted by molar-refractivity contribution is 0.0600. The number of aromatic amines is 1. The number of piperidine rings is 1. The Morgan fingerprint density at radius 2 is 2.04 bits per heavy atom. The molecule has 2 N–H and O–H groups in total. The lowest BCUT2D eigenvalue weighted by atomic mass is 9.90. The molecular weight excluding hydrogens is 288 g/mol. The van der Waals surface area contributed by atoms with E-state index in [9.17, 15) is 0 Å². The number of H-pyrrole nitrogens is 1. The quantitative estimate of drug-likeness (QED) is 0.885. The van der Waals surface area contributed by atoms with E-state index in [0.29, 0.717) is 17.6 Å². The van der Waals surface area contributed by atoms with E-state index in [-0.39, 0.29) is 0 Å². The number of aromatic nitrogens is 3. The normalized spacial score (nSPS) is 24.8. The molecule has 0 aliphatic carbocycles. The summed E-state index contributed by atoms with van der Waals surface area (Å²) in [5.74, 6) is 0. The maximum atomic E-state index is 8.95. The molecule has 2 atom stereocenters. The van der Waals surface area contributed by atoms with Crippen LogP contribution < -0.4 is 5.32 Å². The Morgan fingerprint density at radius 1 is 1.17 bits per heavy atom. The van der Waals surface area contributed by atoms with E-state index in [1.807, 2.05) is 24.3 Å². The van der Waals surface area contributed by atoms with Crippen molar-refractivity contribution in [2.24, 2.45) is 0 Å². The molecule has 0 spiro atoms. The van der Waals surface area contributed by atoms with Gasteiger partial charge in [0.25, 0.3) is 0 Å². The van der Waals surface area contributed by atoms with Crippen LogP contribution in [0, 0.1) is 11.3 Å². The topological polar surface area (TPSA) is 80.6 Å². The minimum atomic E-state index is 0.334. The molecule has 23 heavy (non-hydrogen) atoms. The number of nitriles is 1. The first-order chi connectivity index (χ1) is 11.4. The second-order valence-electron chi connectivity index (χ2n) is 6.29. The van der Waals surface area contributed by atoms with Crippen LogP contribution in [0.1, 0.15) is 36.6 Å². The van der Waals surface area contributed by atoms with E-state index in [1.165, 1.54) is 12.8 Å². The van der Waals surface area contributed by atoms with Crippen molar-refractivity contribution >= 4 is 0 Å². The average molecular weight is 308 g/mol. The molecular formula is C17H20N6. The summed E-state index contributed by atoms with van der Waals surface area (Å²) < 4.78 is 0. The number of fused-ring (bicyclic) bond motifs is 1. The maximum absolute atomic E-state index is 8.95. The predicted octanol–water partition coefficient (Wildman–Crippen LogP) is 1.84. The summed E-state index contributed by atoms with van der Waals surface area (Å²) in [5, 5.41) is 24.1. The molecule has 2 fully saturated rings. The first-order valence-electron chi connectivity index (χ1n) is 8.24. The standard InChI is InChI=1S/C17H20N6/c18-10-12-4-6-13(7-5-12)16-17(21-22-20-16)15-3-1-2-14-11-19-8-9-23(14)15/h4-7,14-15,19H,1-3,8-9,11H2,(H,20,21,22)/t14-,15+/m0/s1. The van der Waals surface area contributed by atoms with E-state index >= 15 is 0 Å². The van der Waals surface area contributed by atoms with Crippen LogP contribution >= 0.6 is 0 Å². The highest BCUT2D eigenvalue weighted by atomic mass is 15.4. The molecule has 2 aliphatic heterocycles. The van der Waals surface area contributed by atoms with Gasteiger partial charge in [-0.25, -0.2) is 0 Å². The van der Waals surface area contributed by atoms with E-state index in [2.05, 4.69) is 31.7 Å². The third-order valence-corrected chi connectivity index (χ3v) is 4.99. The molecule has 0 radical (unpaired) electrons. The molecule has 118 valence electrons. The highest BCUT2D eigenvalue weighted by Crippen LogP contribution is 2.37. The Bertz CT molecular complexity index is 711. The number of benzene rings is 1. The number of hydrogen-bond donors (Lipinski definition) is 2. The zero-order chi connectivity index (χ0) is 15.6. The van der Waals surface area contributed by atoms with Crippen LogP contribution in [0.5, 0.6) is 0 Å². The monoisotopic (exact) mass is 308 g/mol. The van der Waals surface area contributed by atoms with Crippen LogP contribution in [-0.2, 0) is 0 Å². The molecule has 2 saturated heterocycles. The first kappa shape index (κ1) is 14.4. The van der Waals surface area contributed by atoms with E-state index < -0.39 is 0 Å². The van der Waals surface area contributed by atoms with Crippen molar-refractivity contribution in [2.45, 2.75) is 31.3 Å². The number of rotatable bonds is 2. The second-order valence-corrected chi connectivity index (χ2v) is 6.29. The molecule has 1 aromatic carbocycles. The Balaban J connectivity index is 1.67. The van der Waals surface area contributed by atoms with Crippen LogP contribution in [0.4, 0.5) is 0 Å². The summed E-state index contributed by atoms with van der Waals surface area (Å²) in [6, 6.07) is 10.7. The van der Waals surface area contributed by atoms with Gasteiger partial charge in [-0.3, -0.25) is 4.90 Å². The van der Waals surface area contributed by atoms with E-state index in [0.717, 1.165) is 43.0 Å². The van der Waals surface area contributed by atoms with Crippen molar-refractivity contribution in [3.8, 4) is 17.3 Å². The van der Waals surface area contributed by atoms with Gasteiger partial charge >= 0.3 is 0 Å². The van der Waals surface area contributed by atoms with Gasteiger partial charge in [-0.05, 0) is 31.4 Å². The second kappa shape index (κ2) is 6.11. The number of nitrogens with zero attached hydrogens (tertiary/aromatic N) is 4. The number of hydrogen-bond acceptors (Lipinski definition) is 5. The van der Waals surface area contributed by atoms with Crippen molar-refractivity contribution in [2.75, 3.05) is 19.6 Å². The fourth-order valence-corrected chi connectivity index (χ4v) is 3.85. The fourth-order valence-electron chi connectivity index (χ4n) is 3.85.